The predicted octanol–water partition coefficient (Wildman–Crippen LogP) is 1.45. The van der Waals surface area contributed by atoms with Crippen LogP contribution in [0, 0.1) is 5.82 Å². The number of hydrogen-bond donors (Lipinski definition) is 2. The first-order chi connectivity index (χ1) is 6.65. The van der Waals surface area contributed by atoms with Crippen molar-refractivity contribution >= 4 is 5.91 Å². The summed E-state index contributed by atoms with van der Waals surface area (Å²) in [5.74, 6) is -1.41. The summed E-state index contributed by atoms with van der Waals surface area (Å²) in [5.41, 5.74) is 0.0493. The smallest absolute Gasteiger partial charge is 0.255 e. The van der Waals surface area contributed by atoms with E-state index in [0.29, 0.717) is 6.54 Å². The van der Waals surface area contributed by atoms with Gasteiger partial charge in [-0.25, -0.2) is 4.39 Å². The quantitative estimate of drug-likeness (QED) is 0.717. The van der Waals surface area contributed by atoms with E-state index >= 15 is 0 Å². The van der Waals surface area contributed by atoms with Gasteiger partial charge in [0.15, 0.2) is 0 Å². The second-order valence-electron chi connectivity index (χ2n) is 2.66. The third kappa shape index (κ3) is 2.32. The zero-order valence-electron chi connectivity index (χ0n) is 7.46. The van der Waals surface area contributed by atoms with E-state index in [2.05, 4.69) is 11.9 Å². The van der Waals surface area contributed by atoms with Gasteiger partial charge in [-0.3, -0.25) is 4.79 Å². The van der Waals surface area contributed by atoms with Crippen molar-refractivity contribution in [2.45, 2.75) is 0 Å². The van der Waals surface area contributed by atoms with Gasteiger partial charge >= 0.3 is 0 Å². The van der Waals surface area contributed by atoms with Crippen molar-refractivity contribution in [2.24, 2.45) is 0 Å². The van der Waals surface area contributed by atoms with Crippen LogP contribution in [0.15, 0.2) is 30.9 Å². The summed E-state index contributed by atoms with van der Waals surface area (Å²) in [6.07, 6.45) is 1.51. The molecule has 2 N–H and O–H groups in total. The van der Waals surface area contributed by atoms with Crippen molar-refractivity contribution in [3.05, 3.63) is 42.2 Å². The van der Waals surface area contributed by atoms with Crippen LogP contribution in [0.2, 0.25) is 0 Å². The fourth-order valence-corrected chi connectivity index (χ4v) is 0.957. The van der Waals surface area contributed by atoms with Gasteiger partial charge in [0.1, 0.15) is 11.6 Å². The summed E-state index contributed by atoms with van der Waals surface area (Å²) in [5, 5.41) is 11.7. The standard InChI is InChI=1S/C10H10FNO2/c1-2-5-12-10(14)8-4-3-7(11)6-9(8)13/h2-4,6,13H,1,5H2,(H,12,14). The maximum absolute atomic E-state index is 12.6. The van der Waals surface area contributed by atoms with E-state index < -0.39 is 11.7 Å². The van der Waals surface area contributed by atoms with E-state index in [1.54, 1.807) is 0 Å². The van der Waals surface area contributed by atoms with Crippen LogP contribution in [0.5, 0.6) is 5.75 Å². The first kappa shape index (κ1) is 10.2. The van der Waals surface area contributed by atoms with Crippen LogP contribution in [0.25, 0.3) is 0 Å². The molecule has 1 aromatic rings. The van der Waals surface area contributed by atoms with E-state index in [1.807, 2.05) is 0 Å². The van der Waals surface area contributed by atoms with Gasteiger partial charge < -0.3 is 10.4 Å². The number of benzene rings is 1. The van der Waals surface area contributed by atoms with E-state index in [-0.39, 0.29) is 11.3 Å². The highest BCUT2D eigenvalue weighted by atomic mass is 19.1. The van der Waals surface area contributed by atoms with Gasteiger partial charge in [0.25, 0.3) is 5.91 Å². The number of phenolic OH excluding ortho intramolecular Hbond substituents is 1. The first-order valence-electron chi connectivity index (χ1n) is 4.02. The third-order valence-electron chi connectivity index (χ3n) is 1.61. The SMILES string of the molecule is C=CCNC(=O)c1ccc(F)cc1O. The van der Waals surface area contributed by atoms with Crippen molar-refractivity contribution < 1.29 is 14.3 Å². The second kappa shape index (κ2) is 4.41. The second-order valence-corrected chi connectivity index (χ2v) is 2.66. The highest BCUT2D eigenvalue weighted by Crippen LogP contribution is 2.17. The minimum atomic E-state index is -0.581. The van der Waals surface area contributed by atoms with Crippen LogP contribution < -0.4 is 5.32 Å². The molecule has 0 aliphatic heterocycles. The number of hydrogen-bond acceptors (Lipinski definition) is 2. The molecule has 0 radical (unpaired) electrons. The Labute approximate surface area is 80.9 Å². The Morgan fingerprint density at radius 1 is 1.64 bits per heavy atom. The average Bonchev–Trinajstić information content (AvgIpc) is 2.14. The molecule has 0 saturated carbocycles. The number of halogens is 1. The minimum Gasteiger partial charge on any atom is -0.507 e. The van der Waals surface area contributed by atoms with Crippen molar-refractivity contribution in [1.82, 2.24) is 5.32 Å². The van der Waals surface area contributed by atoms with Gasteiger partial charge in [0, 0.05) is 12.6 Å². The van der Waals surface area contributed by atoms with Crippen molar-refractivity contribution in [3.8, 4) is 5.75 Å². The van der Waals surface area contributed by atoms with Crippen molar-refractivity contribution in [2.75, 3.05) is 6.54 Å². The summed E-state index contributed by atoms with van der Waals surface area (Å²) in [7, 11) is 0. The van der Waals surface area contributed by atoms with Gasteiger partial charge in [-0.15, -0.1) is 6.58 Å². The molecule has 0 saturated heterocycles. The molecule has 0 unspecified atom stereocenters. The van der Waals surface area contributed by atoms with Gasteiger partial charge in [-0.1, -0.05) is 6.08 Å². The molecule has 0 heterocycles. The number of rotatable bonds is 3. The molecule has 0 spiro atoms. The lowest BCUT2D eigenvalue weighted by Gasteiger charge is -2.04. The summed E-state index contributed by atoms with van der Waals surface area (Å²) in [4.78, 5) is 11.3. The molecule has 0 fully saturated rings. The Kier molecular flexibility index (Phi) is 3.23. The Bertz CT molecular complexity index is 363. The Hall–Kier alpha value is -1.84. The molecule has 0 aliphatic carbocycles. The number of aromatic hydroxyl groups is 1. The van der Waals surface area contributed by atoms with Gasteiger partial charge in [-0.2, -0.15) is 0 Å². The third-order valence-corrected chi connectivity index (χ3v) is 1.61. The molecule has 0 aromatic heterocycles. The van der Waals surface area contributed by atoms with Crippen LogP contribution in [0.1, 0.15) is 10.4 Å². The molecular weight excluding hydrogens is 185 g/mol. The van der Waals surface area contributed by atoms with Gasteiger partial charge in [0.05, 0.1) is 5.56 Å². The highest BCUT2D eigenvalue weighted by molar-refractivity contribution is 5.96. The summed E-state index contributed by atoms with van der Waals surface area (Å²) >= 11 is 0. The van der Waals surface area contributed by atoms with E-state index in [1.165, 1.54) is 12.1 Å². The largest absolute Gasteiger partial charge is 0.507 e. The number of phenols is 1. The molecule has 74 valence electrons. The van der Waals surface area contributed by atoms with E-state index in [9.17, 15) is 14.3 Å². The topological polar surface area (TPSA) is 49.3 Å². The number of carbonyl (C=O) groups is 1. The Morgan fingerprint density at radius 2 is 2.36 bits per heavy atom. The van der Waals surface area contributed by atoms with Crippen molar-refractivity contribution in [3.63, 3.8) is 0 Å². The Morgan fingerprint density at radius 3 is 2.93 bits per heavy atom. The molecule has 1 amide bonds. The number of nitrogens with one attached hydrogen (secondary N) is 1. The van der Waals surface area contributed by atoms with E-state index in [0.717, 1.165) is 12.1 Å². The summed E-state index contributed by atoms with van der Waals surface area (Å²) in [6.45, 7) is 3.73. The fourth-order valence-electron chi connectivity index (χ4n) is 0.957. The molecule has 0 aliphatic rings. The molecule has 0 atom stereocenters. The lowest BCUT2D eigenvalue weighted by Crippen LogP contribution is -2.23. The predicted molar refractivity (Wildman–Crippen MR) is 50.6 cm³/mol. The monoisotopic (exact) mass is 195 g/mol. The van der Waals surface area contributed by atoms with Crippen LogP contribution in [-0.2, 0) is 0 Å². The maximum atomic E-state index is 12.6. The minimum absolute atomic E-state index is 0.0493. The zero-order chi connectivity index (χ0) is 10.6. The summed E-state index contributed by atoms with van der Waals surface area (Å²) < 4.78 is 12.6. The fraction of sp³-hybridized carbons (Fsp3) is 0.100. The average molecular weight is 195 g/mol. The molecule has 14 heavy (non-hydrogen) atoms. The van der Waals surface area contributed by atoms with Crippen LogP contribution in [0.3, 0.4) is 0 Å². The number of carbonyl (C=O) groups excluding carboxylic acids is 1. The van der Waals surface area contributed by atoms with Crippen LogP contribution in [0.4, 0.5) is 4.39 Å². The molecule has 3 nitrogen and oxygen atoms in total. The maximum Gasteiger partial charge on any atom is 0.255 e. The molecule has 4 heteroatoms. The van der Waals surface area contributed by atoms with Gasteiger partial charge in [-0.05, 0) is 12.1 Å². The molecule has 1 rings (SSSR count). The van der Waals surface area contributed by atoms with Crippen molar-refractivity contribution in [1.29, 1.82) is 0 Å². The lowest BCUT2D eigenvalue weighted by molar-refractivity contribution is 0.0955. The zero-order valence-corrected chi connectivity index (χ0v) is 7.46. The molecule has 0 bridgehead atoms. The highest BCUT2D eigenvalue weighted by Gasteiger charge is 2.10. The Balaban J connectivity index is 2.84. The normalized spacial score (nSPS) is 9.50. The first-order valence-corrected chi connectivity index (χ1v) is 4.02. The van der Waals surface area contributed by atoms with E-state index in [4.69, 9.17) is 0 Å². The number of amides is 1. The lowest BCUT2D eigenvalue weighted by atomic mass is 10.2. The molecular formula is C10H10FNO2. The van der Waals surface area contributed by atoms with Crippen LogP contribution in [-0.4, -0.2) is 17.6 Å². The summed E-state index contributed by atoms with van der Waals surface area (Å²) in [6, 6.07) is 3.23. The van der Waals surface area contributed by atoms with Gasteiger partial charge in [0.2, 0.25) is 0 Å². The molecule has 1 aromatic carbocycles. The van der Waals surface area contributed by atoms with Crippen LogP contribution >= 0.6 is 0 Å².